The van der Waals surface area contributed by atoms with Crippen LogP contribution in [0.15, 0.2) is 36.5 Å². The Kier molecular flexibility index (Phi) is 39.4. The average molecular weight is 943 g/mol. The first-order valence-corrected chi connectivity index (χ1v) is 27.7. The maximum atomic E-state index is 12.9. The number of aliphatic hydroxyl groups excluding tert-OH is 3. The van der Waals surface area contributed by atoms with Crippen molar-refractivity contribution in [1.29, 1.82) is 0 Å². The lowest BCUT2D eigenvalue weighted by molar-refractivity contribution is -0.297. The number of esters is 2. The van der Waals surface area contributed by atoms with Crippen molar-refractivity contribution in [3.05, 3.63) is 36.5 Å². The molecular weight excluding hydrogens is 849 g/mol. The van der Waals surface area contributed by atoms with Crippen molar-refractivity contribution in [2.45, 2.75) is 263 Å². The first-order valence-electron chi connectivity index (χ1n) is 26.0. The van der Waals surface area contributed by atoms with Crippen molar-refractivity contribution in [3.8, 4) is 0 Å². The van der Waals surface area contributed by atoms with E-state index in [9.17, 15) is 37.9 Å². The van der Waals surface area contributed by atoms with Crippen molar-refractivity contribution in [1.82, 2.24) is 0 Å². The molecule has 6 atom stereocenters. The quantitative estimate of drug-likeness (QED) is 0.0196. The molecule has 4 N–H and O–H groups in total. The van der Waals surface area contributed by atoms with E-state index < -0.39 is 71.2 Å². The first-order chi connectivity index (χ1) is 31.5. The predicted molar refractivity (Wildman–Crippen MR) is 261 cm³/mol. The predicted octanol–water partition coefficient (Wildman–Crippen LogP) is 11.7. The molecule has 65 heavy (non-hydrogen) atoms. The van der Waals surface area contributed by atoms with Crippen molar-refractivity contribution >= 4 is 22.1 Å². The Labute approximate surface area is 395 Å². The van der Waals surface area contributed by atoms with Crippen LogP contribution in [0, 0.1) is 0 Å². The number of carbonyl (C=O) groups excluding carboxylic acids is 2. The largest absolute Gasteiger partial charge is 0.462 e. The van der Waals surface area contributed by atoms with Crippen LogP contribution in [0.1, 0.15) is 226 Å². The van der Waals surface area contributed by atoms with E-state index in [1.807, 2.05) is 0 Å². The summed E-state index contributed by atoms with van der Waals surface area (Å²) < 4.78 is 54.2. The monoisotopic (exact) mass is 943 g/mol. The molecule has 0 aliphatic carbocycles. The Morgan fingerprint density at radius 1 is 0.523 bits per heavy atom. The van der Waals surface area contributed by atoms with Crippen molar-refractivity contribution in [2.24, 2.45) is 0 Å². The minimum absolute atomic E-state index is 0.158. The zero-order valence-corrected chi connectivity index (χ0v) is 41.7. The fraction of sp³-hybridized carbons (Fsp3) is 0.846. The number of unbranched alkanes of at least 4 members (excludes halogenated alkanes) is 26. The molecule has 13 heteroatoms. The summed E-state index contributed by atoms with van der Waals surface area (Å²) >= 11 is 0. The molecule has 1 saturated heterocycles. The van der Waals surface area contributed by atoms with Crippen molar-refractivity contribution in [2.75, 3.05) is 19.0 Å². The van der Waals surface area contributed by atoms with Crippen LogP contribution in [-0.2, 0) is 38.7 Å². The van der Waals surface area contributed by atoms with Gasteiger partial charge < -0.3 is 34.3 Å². The second-order valence-corrected chi connectivity index (χ2v) is 19.7. The lowest BCUT2D eigenvalue weighted by Crippen LogP contribution is -2.60. The van der Waals surface area contributed by atoms with Crippen LogP contribution in [0.3, 0.4) is 0 Å². The Balaban J connectivity index is 2.37. The number of rotatable bonds is 44. The fourth-order valence-corrected chi connectivity index (χ4v) is 8.57. The lowest BCUT2D eigenvalue weighted by atomic mass is 10.00. The molecule has 1 aliphatic rings. The van der Waals surface area contributed by atoms with E-state index in [1.165, 1.54) is 109 Å². The second-order valence-electron chi connectivity index (χ2n) is 18.2. The van der Waals surface area contributed by atoms with Gasteiger partial charge in [0.1, 0.15) is 36.8 Å². The number of aliphatic hydroxyl groups is 3. The normalized spacial score (nSPS) is 19.8. The molecule has 1 heterocycles. The molecule has 6 unspecified atom stereocenters. The SMILES string of the molecule is CCCCCCC/C=C\C/C=C\CCCCCCCCCCCC(=O)OC(COC(=O)CCCCCCC/C=C\CCCCCCCCC)COC1OC(CS(=O)(=O)O)C(O)C(O)C1O. The van der Waals surface area contributed by atoms with E-state index in [2.05, 4.69) is 50.3 Å². The summed E-state index contributed by atoms with van der Waals surface area (Å²) in [5, 5.41) is 31.0. The Hall–Kier alpha value is -2.13. The van der Waals surface area contributed by atoms with Gasteiger partial charge in [-0.15, -0.1) is 0 Å². The summed E-state index contributed by atoms with van der Waals surface area (Å²) in [6.07, 6.45) is 40.4. The highest BCUT2D eigenvalue weighted by Crippen LogP contribution is 2.24. The Bertz CT molecular complexity index is 1330. The van der Waals surface area contributed by atoms with E-state index in [4.69, 9.17) is 18.9 Å². The lowest BCUT2D eigenvalue weighted by Gasteiger charge is -2.40. The summed E-state index contributed by atoms with van der Waals surface area (Å²) in [6, 6.07) is 0. The third kappa shape index (κ3) is 36.6. The van der Waals surface area contributed by atoms with Crippen LogP contribution in [0.4, 0.5) is 0 Å². The van der Waals surface area contributed by atoms with Crippen LogP contribution >= 0.6 is 0 Å². The van der Waals surface area contributed by atoms with Gasteiger partial charge >= 0.3 is 11.9 Å². The Morgan fingerprint density at radius 3 is 1.37 bits per heavy atom. The second kappa shape index (κ2) is 42.0. The van der Waals surface area contributed by atoms with E-state index in [0.29, 0.717) is 12.8 Å². The van der Waals surface area contributed by atoms with Crippen LogP contribution < -0.4 is 0 Å². The third-order valence-electron chi connectivity index (χ3n) is 11.9. The summed E-state index contributed by atoms with van der Waals surface area (Å²) in [5.41, 5.74) is 0. The molecule has 0 saturated carbocycles. The van der Waals surface area contributed by atoms with Crippen molar-refractivity contribution in [3.63, 3.8) is 0 Å². The van der Waals surface area contributed by atoms with Gasteiger partial charge in [0.25, 0.3) is 10.1 Å². The first kappa shape index (κ1) is 60.9. The molecular formula is C52H94O12S. The number of hydrogen-bond acceptors (Lipinski definition) is 11. The molecule has 1 aliphatic heterocycles. The number of ether oxygens (including phenoxy) is 4. The molecule has 0 spiro atoms. The van der Waals surface area contributed by atoms with Gasteiger partial charge in [0.05, 0.1) is 6.61 Å². The molecule has 0 aromatic rings. The minimum atomic E-state index is -4.61. The molecule has 1 rings (SSSR count). The Morgan fingerprint density at radius 2 is 0.923 bits per heavy atom. The average Bonchev–Trinajstić information content (AvgIpc) is 3.27. The van der Waals surface area contributed by atoms with Crippen LogP contribution in [-0.4, -0.2) is 96.0 Å². The minimum Gasteiger partial charge on any atom is -0.462 e. The van der Waals surface area contributed by atoms with Gasteiger partial charge in [-0.1, -0.05) is 179 Å². The molecule has 0 aromatic heterocycles. The molecule has 0 bridgehead atoms. The third-order valence-corrected chi connectivity index (χ3v) is 12.7. The molecule has 0 aromatic carbocycles. The molecule has 0 amide bonds. The number of carbonyl (C=O) groups is 2. The highest BCUT2D eigenvalue weighted by Gasteiger charge is 2.46. The van der Waals surface area contributed by atoms with Crippen LogP contribution in [0.5, 0.6) is 0 Å². The van der Waals surface area contributed by atoms with E-state index in [1.54, 1.807) is 0 Å². The highest BCUT2D eigenvalue weighted by atomic mass is 32.2. The standard InChI is InChI=1S/C52H94O12S/c1-3-5-7-9-11-13-15-17-19-21-22-23-24-25-27-29-31-33-35-37-39-41-48(54)63-45(43-62-52-51(57)50(56)49(55)46(64-52)44-65(58,59)60)42-61-47(53)40-38-36-34-32-30-28-26-20-18-16-14-12-10-8-6-4-2/h15,17,20-22,26,45-46,49-52,55-57H,3-14,16,18-19,23-25,27-44H2,1-2H3,(H,58,59,60)/b17-15-,22-21-,26-20-. The van der Waals surface area contributed by atoms with E-state index in [-0.39, 0.29) is 19.4 Å². The van der Waals surface area contributed by atoms with Gasteiger partial charge in [-0.3, -0.25) is 14.1 Å². The number of allylic oxidation sites excluding steroid dienone is 6. The molecule has 0 radical (unpaired) electrons. The summed E-state index contributed by atoms with van der Waals surface area (Å²) in [7, 11) is -4.61. The van der Waals surface area contributed by atoms with E-state index >= 15 is 0 Å². The van der Waals surface area contributed by atoms with Gasteiger partial charge in [0, 0.05) is 12.8 Å². The molecule has 380 valence electrons. The summed E-state index contributed by atoms with van der Waals surface area (Å²) in [4.78, 5) is 25.5. The number of hydrogen-bond donors (Lipinski definition) is 4. The smallest absolute Gasteiger partial charge is 0.306 e. The summed E-state index contributed by atoms with van der Waals surface area (Å²) in [6.45, 7) is 3.76. The van der Waals surface area contributed by atoms with Crippen molar-refractivity contribution < 1.29 is 56.8 Å². The van der Waals surface area contributed by atoms with Gasteiger partial charge in [-0.25, -0.2) is 0 Å². The topological polar surface area (TPSA) is 186 Å². The van der Waals surface area contributed by atoms with Gasteiger partial charge in [-0.2, -0.15) is 8.42 Å². The van der Waals surface area contributed by atoms with Gasteiger partial charge in [0.2, 0.25) is 0 Å². The maximum absolute atomic E-state index is 12.9. The highest BCUT2D eigenvalue weighted by molar-refractivity contribution is 7.85. The zero-order chi connectivity index (χ0) is 47.6. The van der Waals surface area contributed by atoms with Crippen LogP contribution in [0.2, 0.25) is 0 Å². The maximum Gasteiger partial charge on any atom is 0.306 e. The fourth-order valence-electron chi connectivity index (χ4n) is 7.88. The van der Waals surface area contributed by atoms with Crippen LogP contribution in [0.25, 0.3) is 0 Å². The van der Waals surface area contributed by atoms with Gasteiger partial charge in [0.15, 0.2) is 12.4 Å². The van der Waals surface area contributed by atoms with Gasteiger partial charge in [-0.05, 0) is 70.6 Å². The zero-order valence-electron chi connectivity index (χ0n) is 40.8. The van der Waals surface area contributed by atoms with E-state index in [0.717, 1.165) is 77.0 Å². The molecule has 12 nitrogen and oxygen atoms in total. The summed E-state index contributed by atoms with van der Waals surface area (Å²) in [5.74, 6) is -1.99. The molecule has 1 fully saturated rings.